The fourth-order valence-electron chi connectivity index (χ4n) is 6.48. The number of anilines is 1. The first-order valence-corrected chi connectivity index (χ1v) is 13.7. The van der Waals surface area contributed by atoms with Gasteiger partial charge in [0.25, 0.3) is 5.91 Å². The van der Waals surface area contributed by atoms with Gasteiger partial charge >= 0.3 is 0 Å². The van der Waals surface area contributed by atoms with Gasteiger partial charge in [-0.1, -0.05) is 0 Å². The minimum absolute atomic E-state index is 0.0156. The number of fused-ring (bicyclic) bond motifs is 3. The van der Waals surface area contributed by atoms with Gasteiger partial charge < -0.3 is 16.4 Å². The first-order chi connectivity index (χ1) is 19.8. The zero-order chi connectivity index (χ0) is 28.4. The molecular weight excluding hydrogens is 522 g/mol. The second-order valence-electron chi connectivity index (χ2n) is 11.1. The molecular formula is C28H29N11O2. The molecule has 3 aliphatic rings. The molecule has 1 amide bonds. The van der Waals surface area contributed by atoms with E-state index < -0.39 is 0 Å². The fourth-order valence-corrected chi connectivity index (χ4v) is 6.48. The summed E-state index contributed by atoms with van der Waals surface area (Å²) in [6, 6.07) is 3.86. The van der Waals surface area contributed by atoms with Gasteiger partial charge in [0.1, 0.15) is 17.4 Å². The molecule has 1 unspecified atom stereocenters. The highest BCUT2D eigenvalue weighted by Crippen LogP contribution is 2.45. The Morgan fingerprint density at radius 2 is 1.78 bits per heavy atom. The monoisotopic (exact) mass is 551 g/mol. The molecule has 13 heteroatoms. The molecule has 0 spiro atoms. The summed E-state index contributed by atoms with van der Waals surface area (Å²) in [5.41, 5.74) is 17.0. The van der Waals surface area contributed by atoms with E-state index in [1.807, 2.05) is 30.2 Å². The first kappa shape index (κ1) is 25.1. The Kier molecular flexibility index (Phi) is 5.70. The number of amidine groups is 1. The molecule has 41 heavy (non-hydrogen) atoms. The lowest BCUT2D eigenvalue weighted by Gasteiger charge is -2.39. The van der Waals surface area contributed by atoms with Gasteiger partial charge in [0, 0.05) is 41.5 Å². The maximum absolute atomic E-state index is 13.3. The molecule has 2 saturated heterocycles. The van der Waals surface area contributed by atoms with Gasteiger partial charge in [0.2, 0.25) is 0 Å². The third kappa shape index (κ3) is 4.07. The number of aromatic nitrogens is 6. The summed E-state index contributed by atoms with van der Waals surface area (Å²) < 4.78 is 3.24. The quantitative estimate of drug-likeness (QED) is 0.355. The molecule has 2 bridgehead atoms. The van der Waals surface area contributed by atoms with Crippen molar-refractivity contribution >= 4 is 34.7 Å². The molecule has 0 saturated carbocycles. The van der Waals surface area contributed by atoms with E-state index >= 15 is 0 Å². The molecule has 4 N–H and O–H groups in total. The number of pyridine rings is 1. The lowest BCUT2D eigenvalue weighted by Crippen LogP contribution is -2.49. The van der Waals surface area contributed by atoms with Crippen molar-refractivity contribution in [2.75, 3.05) is 5.73 Å². The Balaban J connectivity index is 1.24. The van der Waals surface area contributed by atoms with Crippen molar-refractivity contribution in [1.29, 1.82) is 0 Å². The number of hydrogen-bond donors (Lipinski definition) is 2. The van der Waals surface area contributed by atoms with Crippen molar-refractivity contribution in [3.05, 3.63) is 53.7 Å². The summed E-state index contributed by atoms with van der Waals surface area (Å²) in [6.07, 6.45) is 10.5. The molecule has 7 rings (SSSR count). The van der Waals surface area contributed by atoms with Crippen LogP contribution in [0.5, 0.6) is 0 Å². The molecule has 7 heterocycles. The van der Waals surface area contributed by atoms with Crippen molar-refractivity contribution < 1.29 is 9.59 Å². The zero-order valence-electron chi connectivity index (χ0n) is 22.7. The van der Waals surface area contributed by atoms with Gasteiger partial charge in [-0.15, -0.1) is 10.2 Å². The number of Topliss-reactive ketones (excluding diaryl/α,β-unsaturated/α-hetero) is 1. The van der Waals surface area contributed by atoms with Gasteiger partial charge in [0.05, 0.1) is 30.1 Å². The number of hydrogen-bond acceptors (Lipinski definition) is 10. The van der Waals surface area contributed by atoms with Crippen LogP contribution in [0.15, 0.2) is 47.1 Å². The number of piperidine rings is 1. The summed E-state index contributed by atoms with van der Waals surface area (Å²) in [5.74, 6) is 1.00. The molecule has 0 aromatic carbocycles. The van der Waals surface area contributed by atoms with Crippen molar-refractivity contribution in [2.24, 2.45) is 15.9 Å². The fraction of sp³-hybridized carbons (Fsp3) is 0.357. The van der Waals surface area contributed by atoms with Crippen LogP contribution in [0.4, 0.5) is 5.82 Å². The topological polar surface area (TPSA) is 175 Å². The number of carbonyl (C=O) groups excluding carboxylic acids is 2. The second kappa shape index (κ2) is 9.32. The van der Waals surface area contributed by atoms with Gasteiger partial charge in [-0.25, -0.2) is 14.6 Å². The van der Waals surface area contributed by atoms with Crippen LogP contribution >= 0.6 is 0 Å². The summed E-state index contributed by atoms with van der Waals surface area (Å²) >= 11 is 0. The third-order valence-electron chi connectivity index (χ3n) is 8.32. The van der Waals surface area contributed by atoms with Crippen LogP contribution in [-0.2, 0) is 4.79 Å². The number of ketones is 1. The largest absolute Gasteiger partial charge is 0.385 e. The normalized spacial score (nSPS) is 21.8. The smallest absolute Gasteiger partial charge is 0.271 e. The van der Waals surface area contributed by atoms with E-state index in [4.69, 9.17) is 16.5 Å². The zero-order valence-corrected chi connectivity index (χ0v) is 22.7. The number of aryl methyl sites for hydroxylation is 1. The third-order valence-corrected chi connectivity index (χ3v) is 8.32. The Labute approximate surface area is 235 Å². The predicted octanol–water partition coefficient (Wildman–Crippen LogP) is 2.42. The van der Waals surface area contributed by atoms with Gasteiger partial charge in [-0.3, -0.25) is 9.59 Å². The van der Waals surface area contributed by atoms with E-state index in [1.165, 1.54) is 11.4 Å². The minimum atomic E-state index is -0.164. The molecule has 4 aromatic heterocycles. The number of nitrogens with zero attached hydrogens (tertiary/aromatic N) is 9. The number of rotatable bonds is 5. The molecule has 13 nitrogen and oxygen atoms in total. The van der Waals surface area contributed by atoms with Gasteiger partial charge in [-0.2, -0.15) is 14.7 Å². The predicted molar refractivity (Wildman–Crippen MR) is 152 cm³/mol. The average Bonchev–Trinajstić information content (AvgIpc) is 3.74. The Morgan fingerprint density at radius 3 is 2.39 bits per heavy atom. The second-order valence-corrected chi connectivity index (χ2v) is 11.1. The number of nitrogens with two attached hydrogens (primary N) is 2. The standard InChI is InChI=1S/C28H29N11O2/c1-14-10-32-37(13-14)23-6-3-16(11-31-23)20-12-33-39-26(30)24(15(2)40)25(34-27(20)39)17-7-18-4-5-19(8-17)38(18)28(41)21-9-22(29)36-35-21/h3,6,10-13,17-19H,4-5,7-9,30H2,1-2H3,(H2,29,36)/t17?,18-,19+. The lowest BCUT2D eigenvalue weighted by molar-refractivity contribution is -0.128. The highest BCUT2D eigenvalue weighted by molar-refractivity contribution is 6.43. The van der Waals surface area contributed by atoms with Crippen LogP contribution in [0.1, 0.15) is 66.6 Å². The van der Waals surface area contributed by atoms with Crippen molar-refractivity contribution in [3.63, 3.8) is 0 Å². The summed E-state index contributed by atoms with van der Waals surface area (Å²) in [7, 11) is 0. The summed E-state index contributed by atoms with van der Waals surface area (Å²) in [5, 5.41) is 16.6. The maximum Gasteiger partial charge on any atom is 0.271 e. The SMILES string of the molecule is CC(=O)c1c(C2C[C@H]3CC[C@@H](C2)N3C(=O)C2=NN=C(N)C2)nc2c(-c3ccc(-n4cc(C)cn4)nc3)cnn2c1N. The van der Waals surface area contributed by atoms with E-state index in [-0.39, 0.29) is 41.9 Å². The summed E-state index contributed by atoms with van der Waals surface area (Å²) in [4.78, 5) is 37.8. The van der Waals surface area contributed by atoms with E-state index in [9.17, 15) is 9.59 Å². The van der Waals surface area contributed by atoms with Crippen molar-refractivity contribution in [2.45, 2.75) is 64.0 Å². The first-order valence-electron chi connectivity index (χ1n) is 13.7. The lowest BCUT2D eigenvalue weighted by atomic mass is 9.85. The highest BCUT2D eigenvalue weighted by atomic mass is 16.2. The number of nitrogen functional groups attached to an aromatic ring is 1. The number of carbonyl (C=O) groups is 2. The molecule has 208 valence electrons. The van der Waals surface area contributed by atoms with Crippen LogP contribution in [0.2, 0.25) is 0 Å². The maximum atomic E-state index is 13.3. The van der Waals surface area contributed by atoms with Crippen LogP contribution in [0.3, 0.4) is 0 Å². The minimum Gasteiger partial charge on any atom is -0.385 e. The molecule has 3 atom stereocenters. The van der Waals surface area contributed by atoms with Crippen LogP contribution in [0.25, 0.3) is 22.6 Å². The van der Waals surface area contributed by atoms with Crippen molar-refractivity contribution in [1.82, 2.24) is 34.3 Å². The Bertz CT molecular complexity index is 1770. The molecule has 2 fully saturated rings. The molecule has 0 radical (unpaired) electrons. The van der Waals surface area contributed by atoms with Gasteiger partial charge in [-0.05, 0) is 57.2 Å². The van der Waals surface area contributed by atoms with E-state index in [2.05, 4.69) is 25.4 Å². The molecule has 0 aliphatic carbocycles. The average molecular weight is 552 g/mol. The molecule has 4 aromatic rings. The van der Waals surface area contributed by atoms with Crippen LogP contribution < -0.4 is 11.5 Å². The Morgan fingerprint density at radius 1 is 1.00 bits per heavy atom. The van der Waals surface area contributed by atoms with Crippen LogP contribution in [0, 0.1) is 6.92 Å². The van der Waals surface area contributed by atoms with Crippen molar-refractivity contribution in [3.8, 4) is 16.9 Å². The Hall–Kier alpha value is -4.94. The van der Waals surface area contributed by atoms with Crippen LogP contribution in [-0.4, -0.2) is 69.6 Å². The van der Waals surface area contributed by atoms with Gasteiger partial charge in [0.15, 0.2) is 17.2 Å². The van der Waals surface area contributed by atoms with E-state index in [0.29, 0.717) is 47.1 Å². The van der Waals surface area contributed by atoms with E-state index in [1.54, 1.807) is 23.3 Å². The highest BCUT2D eigenvalue weighted by Gasteiger charge is 2.46. The molecule has 3 aliphatic heterocycles. The number of amides is 1. The van der Waals surface area contributed by atoms with E-state index in [0.717, 1.165) is 29.5 Å². The summed E-state index contributed by atoms with van der Waals surface area (Å²) in [6.45, 7) is 3.48.